The van der Waals surface area contributed by atoms with E-state index in [9.17, 15) is 4.79 Å². The van der Waals surface area contributed by atoms with Crippen molar-refractivity contribution in [3.05, 3.63) is 12.2 Å². The monoisotopic (exact) mass is 253 g/mol. The van der Waals surface area contributed by atoms with Gasteiger partial charge in [0.05, 0.1) is 18.7 Å². The minimum Gasteiger partial charge on any atom is -0.380 e. The lowest BCUT2D eigenvalue weighted by atomic mass is 10.2. The number of rotatable bonds is 5. The third-order valence-electron chi connectivity index (χ3n) is 3.20. The highest BCUT2D eigenvalue weighted by Crippen LogP contribution is 2.09. The molecule has 7 nitrogen and oxygen atoms in total. The van der Waals surface area contributed by atoms with E-state index in [4.69, 9.17) is 4.74 Å². The van der Waals surface area contributed by atoms with Gasteiger partial charge in [0.2, 0.25) is 5.91 Å². The third kappa shape index (κ3) is 2.85. The van der Waals surface area contributed by atoms with Crippen LogP contribution in [0.25, 0.3) is 0 Å². The van der Waals surface area contributed by atoms with Crippen LogP contribution in [-0.4, -0.2) is 46.5 Å². The van der Waals surface area contributed by atoms with E-state index in [1.54, 1.807) is 13.4 Å². The summed E-state index contributed by atoms with van der Waals surface area (Å²) in [5.74, 6) is 0.757. The molecule has 0 spiro atoms. The highest BCUT2D eigenvalue weighted by molar-refractivity contribution is 5.82. The molecule has 2 N–H and O–H groups in total. The summed E-state index contributed by atoms with van der Waals surface area (Å²) in [5, 5.41) is 13.8. The highest BCUT2D eigenvalue weighted by Gasteiger charge is 2.29. The second-order valence-corrected chi connectivity index (χ2v) is 4.31. The van der Waals surface area contributed by atoms with Crippen molar-refractivity contribution in [2.45, 2.75) is 38.6 Å². The molecule has 1 saturated heterocycles. The van der Waals surface area contributed by atoms with Gasteiger partial charge in [0, 0.05) is 20.2 Å². The van der Waals surface area contributed by atoms with Gasteiger partial charge in [-0.05, 0) is 13.3 Å². The summed E-state index contributed by atoms with van der Waals surface area (Å²) in [6, 6.07) is -0.173. The molecule has 0 aromatic carbocycles. The third-order valence-corrected chi connectivity index (χ3v) is 3.20. The zero-order valence-electron chi connectivity index (χ0n) is 10.7. The number of methoxy groups -OCH3 is 1. The van der Waals surface area contributed by atoms with Crippen molar-refractivity contribution in [2.24, 2.45) is 0 Å². The zero-order valence-corrected chi connectivity index (χ0v) is 10.7. The number of ether oxygens (including phenoxy) is 1. The molecule has 1 aromatic rings. The predicted molar refractivity (Wildman–Crippen MR) is 64.7 cm³/mol. The lowest BCUT2D eigenvalue weighted by Gasteiger charge is -2.11. The number of carbonyl (C=O) groups excluding carboxylic acids is 1. The van der Waals surface area contributed by atoms with Gasteiger partial charge in [-0.2, -0.15) is 0 Å². The molecule has 1 fully saturated rings. The van der Waals surface area contributed by atoms with E-state index < -0.39 is 0 Å². The summed E-state index contributed by atoms with van der Waals surface area (Å²) in [4.78, 5) is 11.9. The van der Waals surface area contributed by atoms with Crippen LogP contribution in [0.5, 0.6) is 0 Å². The molecular weight excluding hydrogens is 234 g/mol. The van der Waals surface area contributed by atoms with E-state index >= 15 is 0 Å². The van der Waals surface area contributed by atoms with Crippen LogP contribution in [0.3, 0.4) is 0 Å². The van der Waals surface area contributed by atoms with Crippen LogP contribution >= 0.6 is 0 Å². The second kappa shape index (κ2) is 5.92. The highest BCUT2D eigenvalue weighted by atomic mass is 16.5. The van der Waals surface area contributed by atoms with E-state index in [1.165, 1.54) is 0 Å². The quantitative estimate of drug-likeness (QED) is 0.724. The molecule has 1 aliphatic heterocycles. The average molecular weight is 253 g/mol. The second-order valence-electron chi connectivity index (χ2n) is 4.31. The van der Waals surface area contributed by atoms with Crippen LogP contribution in [-0.2, 0) is 22.6 Å². The Morgan fingerprint density at radius 2 is 2.56 bits per heavy atom. The molecule has 100 valence electrons. The molecule has 0 radical (unpaired) electrons. The summed E-state index contributed by atoms with van der Waals surface area (Å²) in [6.07, 6.45) is 2.50. The maximum absolute atomic E-state index is 11.9. The smallest absolute Gasteiger partial charge is 0.237 e. The van der Waals surface area contributed by atoms with Crippen molar-refractivity contribution < 1.29 is 9.53 Å². The first-order valence-corrected chi connectivity index (χ1v) is 6.15. The Bertz CT molecular complexity index is 406. The molecule has 1 aliphatic rings. The molecule has 0 saturated carbocycles. The average Bonchev–Trinajstić information content (AvgIpc) is 3.04. The summed E-state index contributed by atoms with van der Waals surface area (Å²) < 4.78 is 7.11. The van der Waals surface area contributed by atoms with Crippen LogP contribution in [0, 0.1) is 0 Å². The van der Waals surface area contributed by atoms with Gasteiger partial charge in [-0.25, -0.2) is 0 Å². The summed E-state index contributed by atoms with van der Waals surface area (Å²) in [6.45, 7) is 3.93. The standard InChI is InChI=1S/C11H19N5O2/c1-3-16-7-14-15-10(16)6-13-11(17)9-4-8(18-2)5-12-9/h7-9,12H,3-6H2,1-2H3,(H,13,17). The van der Waals surface area contributed by atoms with E-state index in [0.717, 1.165) is 18.9 Å². The number of hydrogen-bond donors (Lipinski definition) is 2. The molecule has 1 aromatic heterocycles. The first-order chi connectivity index (χ1) is 8.74. The normalized spacial score (nSPS) is 23.2. The van der Waals surface area contributed by atoms with Crippen molar-refractivity contribution in [1.82, 2.24) is 25.4 Å². The van der Waals surface area contributed by atoms with Gasteiger partial charge in [-0.1, -0.05) is 0 Å². The Morgan fingerprint density at radius 3 is 3.22 bits per heavy atom. The van der Waals surface area contributed by atoms with Gasteiger partial charge >= 0.3 is 0 Å². The van der Waals surface area contributed by atoms with Gasteiger partial charge in [0.1, 0.15) is 6.33 Å². The molecule has 2 heterocycles. The zero-order chi connectivity index (χ0) is 13.0. The summed E-state index contributed by atoms with van der Waals surface area (Å²) in [5.41, 5.74) is 0. The van der Waals surface area contributed by atoms with Crippen molar-refractivity contribution >= 4 is 5.91 Å². The molecule has 0 aliphatic carbocycles. The van der Waals surface area contributed by atoms with Gasteiger partial charge in [0.15, 0.2) is 5.82 Å². The minimum absolute atomic E-state index is 0.0137. The maximum atomic E-state index is 11.9. The number of aromatic nitrogens is 3. The van der Waals surface area contributed by atoms with Crippen LogP contribution in [0.4, 0.5) is 0 Å². The fraction of sp³-hybridized carbons (Fsp3) is 0.727. The Labute approximate surface area is 106 Å². The Hall–Kier alpha value is -1.47. The van der Waals surface area contributed by atoms with Gasteiger partial charge in [-0.3, -0.25) is 4.79 Å². The van der Waals surface area contributed by atoms with Gasteiger partial charge < -0.3 is 19.9 Å². The minimum atomic E-state index is -0.173. The predicted octanol–water partition coefficient (Wildman–Crippen LogP) is -0.709. The first-order valence-electron chi connectivity index (χ1n) is 6.15. The Kier molecular flexibility index (Phi) is 4.27. The Balaban J connectivity index is 1.82. The van der Waals surface area contributed by atoms with Crippen LogP contribution in [0.15, 0.2) is 6.33 Å². The number of nitrogens with zero attached hydrogens (tertiary/aromatic N) is 3. The number of carbonyl (C=O) groups is 1. The molecule has 2 atom stereocenters. The fourth-order valence-electron chi connectivity index (χ4n) is 2.05. The molecule has 2 unspecified atom stereocenters. The number of amides is 1. The lowest BCUT2D eigenvalue weighted by molar-refractivity contribution is -0.123. The van der Waals surface area contributed by atoms with E-state index in [1.807, 2.05) is 11.5 Å². The molecule has 7 heteroatoms. The van der Waals surface area contributed by atoms with Crippen LogP contribution in [0.2, 0.25) is 0 Å². The van der Waals surface area contributed by atoms with E-state index in [0.29, 0.717) is 13.0 Å². The fourth-order valence-corrected chi connectivity index (χ4v) is 2.05. The molecule has 1 amide bonds. The van der Waals surface area contributed by atoms with E-state index in [2.05, 4.69) is 20.8 Å². The molecule has 2 rings (SSSR count). The SMILES string of the molecule is CCn1cnnc1CNC(=O)C1CC(OC)CN1. The number of nitrogens with one attached hydrogen (secondary N) is 2. The Morgan fingerprint density at radius 1 is 1.72 bits per heavy atom. The molecule has 0 bridgehead atoms. The van der Waals surface area contributed by atoms with Crippen molar-refractivity contribution in [2.75, 3.05) is 13.7 Å². The lowest BCUT2D eigenvalue weighted by Crippen LogP contribution is -2.40. The van der Waals surface area contributed by atoms with E-state index in [-0.39, 0.29) is 18.1 Å². The van der Waals surface area contributed by atoms with Gasteiger partial charge in [0.25, 0.3) is 0 Å². The largest absolute Gasteiger partial charge is 0.380 e. The topological polar surface area (TPSA) is 81.1 Å². The van der Waals surface area contributed by atoms with Crippen LogP contribution in [0.1, 0.15) is 19.2 Å². The maximum Gasteiger partial charge on any atom is 0.237 e. The van der Waals surface area contributed by atoms with Gasteiger partial charge in [-0.15, -0.1) is 10.2 Å². The molecule has 18 heavy (non-hydrogen) atoms. The summed E-state index contributed by atoms with van der Waals surface area (Å²) in [7, 11) is 1.66. The van der Waals surface area contributed by atoms with Crippen molar-refractivity contribution in [3.63, 3.8) is 0 Å². The van der Waals surface area contributed by atoms with Crippen molar-refractivity contribution in [3.8, 4) is 0 Å². The first kappa shape index (κ1) is 13.0. The number of hydrogen-bond acceptors (Lipinski definition) is 5. The molecular formula is C11H19N5O2. The van der Waals surface area contributed by atoms with Crippen LogP contribution < -0.4 is 10.6 Å². The number of aryl methyl sites for hydroxylation is 1. The summed E-state index contributed by atoms with van der Waals surface area (Å²) >= 11 is 0. The van der Waals surface area contributed by atoms with Crippen molar-refractivity contribution in [1.29, 1.82) is 0 Å².